The average molecular weight is 399 g/mol. The number of likely N-dealkylation sites (N-methyl/N-ethyl adjacent to an activating group) is 1. The van der Waals surface area contributed by atoms with E-state index in [0.29, 0.717) is 23.7 Å². The van der Waals surface area contributed by atoms with Crippen LogP contribution in [0.2, 0.25) is 0 Å². The largest absolute Gasteiger partial charge is 0.484 e. The van der Waals surface area contributed by atoms with Gasteiger partial charge in [-0.25, -0.2) is 9.59 Å². The number of amidine groups is 2. The molecule has 3 rings (SSSR count). The Morgan fingerprint density at radius 1 is 1.28 bits per heavy atom. The molecule has 10 nitrogen and oxygen atoms in total. The van der Waals surface area contributed by atoms with Gasteiger partial charge >= 0.3 is 17.8 Å². The van der Waals surface area contributed by atoms with E-state index in [2.05, 4.69) is 15.3 Å². The summed E-state index contributed by atoms with van der Waals surface area (Å²) in [7, 11) is 6.79. The number of nitrogens with zero attached hydrogens (tertiary/aromatic N) is 5. The number of aliphatic imine (C=N–C) groups is 2. The van der Waals surface area contributed by atoms with Gasteiger partial charge in [0.15, 0.2) is 6.61 Å². The molecule has 1 N–H and O–H groups in total. The summed E-state index contributed by atoms with van der Waals surface area (Å²) in [6.45, 7) is 1.16. The van der Waals surface area contributed by atoms with E-state index in [1.54, 1.807) is 24.3 Å². The fraction of sp³-hybridized carbons (Fsp3) is 0.368. The second-order valence-electron chi connectivity index (χ2n) is 6.89. The highest BCUT2D eigenvalue weighted by Crippen LogP contribution is 2.18. The van der Waals surface area contributed by atoms with Crippen LogP contribution in [0.4, 0.5) is 4.79 Å². The molecule has 29 heavy (non-hydrogen) atoms. The van der Waals surface area contributed by atoms with Crippen molar-refractivity contribution in [1.29, 1.82) is 0 Å². The second-order valence-corrected chi connectivity index (χ2v) is 6.89. The fourth-order valence-corrected chi connectivity index (χ4v) is 2.75. The number of hydrogen-bond donors (Lipinski definition) is 1. The minimum Gasteiger partial charge on any atom is -0.484 e. The third-order valence-electron chi connectivity index (χ3n) is 4.38. The van der Waals surface area contributed by atoms with E-state index >= 15 is 0 Å². The van der Waals surface area contributed by atoms with Crippen LogP contribution in [0.3, 0.4) is 0 Å². The van der Waals surface area contributed by atoms with Crippen molar-refractivity contribution in [3.05, 3.63) is 29.8 Å². The Morgan fingerprint density at radius 3 is 2.76 bits per heavy atom. The van der Waals surface area contributed by atoms with Gasteiger partial charge in [0.05, 0.1) is 14.1 Å². The van der Waals surface area contributed by atoms with Gasteiger partial charge in [0.25, 0.3) is 5.91 Å². The average Bonchev–Trinajstić information content (AvgIpc) is 3.15. The van der Waals surface area contributed by atoms with Gasteiger partial charge in [0.2, 0.25) is 11.5 Å². The van der Waals surface area contributed by atoms with Crippen LogP contribution < -0.4 is 10.1 Å². The van der Waals surface area contributed by atoms with Crippen molar-refractivity contribution < 1.29 is 23.7 Å². The molecule has 4 amide bonds. The van der Waals surface area contributed by atoms with Crippen LogP contribution in [-0.2, 0) is 9.59 Å². The van der Waals surface area contributed by atoms with Gasteiger partial charge in [-0.2, -0.15) is 14.5 Å². The van der Waals surface area contributed by atoms with Crippen molar-refractivity contribution >= 4 is 35.2 Å². The lowest BCUT2D eigenvalue weighted by Gasteiger charge is -2.15. The number of urea groups is 1. The molecule has 1 aromatic carbocycles. The SMILES string of the molecule is CN(C)CCNC(=O)COc1cccc(C2=NC3=[N+](C)C(=O)N(C)C(=O)C3=N2)c1. The molecule has 2 aliphatic rings. The summed E-state index contributed by atoms with van der Waals surface area (Å²) >= 11 is 0. The number of ether oxygens (including phenoxy) is 1. The van der Waals surface area contributed by atoms with E-state index in [1.165, 1.54) is 18.7 Å². The first-order chi connectivity index (χ1) is 13.8. The lowest BCUT2D eigenvalue weighted by molar-refractivity contribution is -0.401. The summed E-state index contributed by atoms with van der Waals surface area (Å²) in [5.74, 6) is 0.287. The Hall–Kier alpha value is -3.40. The first-order valence-corrected chi connectivity index (χ1v) is 9.03. The van der Waals surface area contributed by atoms with Gasteiger partial charge in [-0.05, 0) is 32.3 Å². The van der Waals surface area contributed by atoms with Gasteiger partial charge in [-0.1, -0.05) is 11.1 Å². The molecule has 0 aromatic heterocycles. The monoisotopic (exact) mass is 399 g/mol. The molecule has 152 valence electrons. The third-order valence-corrected chi connectivity index (χ3v) is 4.38. The van der Waals surface area contributed by atoms with Crippen molar-refractivity contribution in [3.63, 3.8) is 0 Å². The number of nitrogens with one attached hydrogen (secondary N) is 1. The summed E-state index contributed by atoms with van der Waals surface area (Å²) in [6.07, 6.45) is 0. The molecule has 10 heteroatoms. The van der Waals surface area contributed by atoms with Gasteiger partial charge in [0.1, 0.15) is 5.75 Å². The zero-order chi connectivity index (χ0) is 21.1. The minimum absolute atomic E-state index is 0.115. The van der Waals surface area contributed by atoms with Crippen LogP contribution in [0.5, 0.6) is 5.75 Å². The first kappa shape index (κ1) is 20.3. The number of fused-ring (bicyclic) bond motifs is 1. The number of amides is 4. The second kappa shape index (κ2) is 8.31. The smallest absolute Gasteiger partial charge is 0.446 e. The molecule has 0 fully saturated rings. The molecule has 0 saturated heterocycles. The molecule has 2 aliphatic heterocycles. The molecule has 0 bridgehead atoms. The van der Waals surface area contributed by atoms with Gasteiger partial charge in [0, 0.05) is 18.7 Å². The van der Waals surface area contributed by atoms with E-state index in [0.717, 1.165) is 11.4 Å². The van der Waals surface area contributed by atoms with Crippen molar-refractivity contribution in [2.24, 2.45) is 9.98 Å². The molecule has 0 spiro atoms. The number of rotatable bonds is 7. The summed E-state index contributed by atoms with van der Waals surface area (Å²) in [5, 5.41) is 2.77. The van der Waals surface area contributed by atoms with Crippen LogP contribution in [0.1, 0.15) is 5.56 Å². The Morgan fingerprint density at radius 2 is 2.03 bits per heavy atom. The van der Waals surface area contributed by atoms with Crippen molar-refractivity contribution in [2.45, 2.75) is 0 Å². The van der Waals surface area contributed by atoms with Crippen molar-refractivity contribution in [1.82, 2.24) is 15.1 Å². The van der Waals surface area contributed by atoms with E-state index in [4.69, 9.17) is 4.74 Å². The maximum atomic E-state index is 12.3. The molecular weight excluding hydrogens is 376 g/mol. The van der Waals surface area contributed by atoms with Crippen LogP contribution in [0, 0.1) is 0 Å². The highest BCUT2D eigenvalue weighted by Gasteiger charge is 2.44. The minimum atomic E-state index is -0.497. The van der Waals surface area contributed by atoms with Crippen molar-refractivity contribution in [2.75, 3.05) is 47.9 Å². The van der Waals surface area contributed by atoms with Crippen LogP contribution >= 0.6 is 0 Å². The topological polar surface area (TPSA) is 107 Å². The van der Waals surface area contributed by atoms with Crippen LogP contribution in [0.15, 0.2) is 34.3 Å². The lowest BCUT2D eigenvalue weighted by atomic mass is 10.2. The normalized spacial score (nSPS) is 16.1. The molecule has 0 atom stereocenters. The molecule has 0 saturated carbocycles. The zero-order valence-electron chi connectivity index (χ0n) is 16.8. The third kappa shape index (κ3) is 4.37. The Kier molecular flexibility index (Phi) is 5.83. The number of hydrogen-bond acceptors (Lipinski definition) is 7. The molecule has 1 aromatic rings. The maximum absolute atomic E-state index is 12.3. The van der Waals surface area contributed by atoms with Crippen LogP contribution in [0.25, 0.3) is 0 Å². The highest BCUT2D eigenvalue weighted by atomic mass is 16.5. The van der Waals surface area contributed by atoms with Crippen LogP contribution in [-0.4, -0.2) is 97.5 Å². The van der Waals surface area contributed by atoms with Gasteiger partial charge in [-0.3, -0.25) is 4.79 Å². The van der Waals surface area contributed by atoms with Gasteiger partial charge in [-0.15, -0.1) is 0 Å². The van der Waals surface area contributed by atoms with E-state index < -0.39 is 11.9 Å². The standard InChI is InChI=1S/C19H22N6O4/c1-23(2)9-8-20-14(26)11-29-13-7-5-6-12(10-13)16-21-15-17(22-16)24(3)19(28)25(4)18(15)27/h5-7,10H,8-9,11H2,1-4H3/p+1. The molecule has 0 radical (unpaired) electrons. The predicted molar refractivity (Wildman–Crippen MR) is 107 cm³/mol. The summed E-state index contributed by atoms with van der Waals surface area (Å²) in [5.41, 5.74) is 0.734. The molecule has 0 aliphatic carbocycles. The summed E-state index contributed by atoms with van der Waals surface area (Å²) < 4.78 is 6.83. The predicted octanol–water partition coefficient (Wildman–Crippen LogP) is -0.423. The lowest BCUT2D eigenvalue weighted by Crippen LogP contribution is -2.51. The Labute approximate surface area is 168 Å². The Balaban J connectivity index is 1.71. The fourth-order valence-electron chi connectivity index (χ4n) is 2.75. The Bertz CT molecular complexity index is 963. The van der Waals surface area contributed by atoms with E-state index in [-0.39, 0.29) is 24.1 Å². The van der Waals surface area contributed by atoms with E-state index in [1.807, 2.05) is 19.0 Å². The molecular formula is C19H23N6O4+. The number of carbonyl (C=O) groups excluding carboxylic acids is 3. The quantitative estimate of drug-likeness (QED) is 0.627. The highest BCUT2D eigenvalue weighted by molar-refractivity contribution is 6.70. The number of benzene rings is 1. The zero-order valence-corrected chi connectivity index (χ0v) is 16.8. The summed E-state index contributed by atoms with van der Waals surface area (Å²) in [6, 6.07) is 6.44. The van der Waals surface area contributed by atoms with E-state index in [9.17, 15) is 14.4 Å². The van der Waals surface area contributed by atoms with Gasteiger partial charge < -0.3 is 15.0 Å². The summed E-state index contributed by atoms with van der Waals surface area (Å²) in [4.78, 5) is 47.8. The number of carbonyl (C=O) groups is 3. The van der Waals surface area contributed by atoms with Crippen molar-refractivity contribution in [3.8, 4) is 5.75 Å². The maximum Gasteiger partial charge on any atom is 0.446 e. The first-order valence-electron chi connectivity index (χ1n) is 9.03. The molecule has 0 unspecified atom stereocenters. The number of imide groups is 1. The molecule has 2 heterocycles.